The number of rotatable bonds is 7. The van der Waals surface area contributed by atoms with Crippen molar-refractivity contribution in [2.45, 2.75) is 71.1 Å². The van der Waals surface area contributed by atoms with Gasteiger partial charge in [0.15, 0.2) is 0 Å². The van der Waals surface area contributed by atoms with Crippen LogP contribution >= 0.6 is 0 Å². The first kappa shape index (κ1) is 15.4. The number of hydrogen-bond acceptors (Lipinski definition) is 3. The van der Waals surface area contributed by atoms with Gasteiger partial charge in [-0.15, -0.1) is 0 Å². The molecule has 4 unspecified atom stereocenters. The average Bonchev–Trinajstić information content (AvgIpc) is 2.72. The van der Waals surface area contributed by atoms with Crippen molar-refractivity contribution in [3.8, 4) is 0 Å². The third kappa shape index (κ3) is 4.94. The summed E-state index contributed by atoms with van der Waals surface area (Å²) in [7, 11) is 0. The summed E-state index contributed by atoms with van der Waals surface area (Å²) in [5.41, 5.74) is 0. The monoisotopic (exact) mass is 256 g/mol. The van der Waals surface area contributed by atoms with Crippen molar-refractivity contribution in [3.63, 3.8) is 0 Å². The normalized spacial score (nSPS) is 26.9. The molecule has 1 saturated carbocycles. The average molecular weight is 256 g/mol. The Hall–Kier alpha value is -0.610. The van der Waals surface area contributed by atoms with Crippen LogP contribution in [0, 0.1) is 5.92 Å². The minimum Gasteiger partial charge on any atom is -0.393 e. The molecule has 106 valence electrons. The topological polar surface area (TPSA) is 61.4 Å². The van der Waals surface area contributed by atoms with Crippen molar-refractivity contribution in [3.05, 3.63) is 0 Å². The summed E-state index contributed by atoms with van der Waals surface area (Å²) in [6.45, 7) is 6.77. The second kappa shape index (κ2) is 7.74. The second-order valence-corrected chi connectivity index (χ2v) is 5.59. The molecular formula is C14H28N2O2. The maximum Gasteiger partial charge on any atom is 0.237 e. The Morgan fingerprint density at radius 1 is 1.39 bits per heavy atom. The van der Waals surface area contributed by atoms with Crippen molar-refractivity contribution >= 4 is 5.91 Å². The first-order chi connectivity index (χ1) is 8.54. The Balaban J connectivity index is 2.22. The fourth-order valence-corrected chi connectivity index (χ4v) is 2.55. The van der Waals surface area contributed by atoms with Crippen molar-refractivity contribution in [2.24, 2.45) is 5.92 Å². The maximum absolute atomic E-state index is 11.9. The van der Waals surface area contributed by atoms with Gasteiger partial charge in [0.25, 0.3) is 0 Å². The van der Waals surface area contributed by atoms with Crippen LogP contribution in [-0.4, -0.2) is 35.7 Å². The molecule has 1 rings (SSSR count). The highest BCUT2D eigenvalue weighted by Crippen LogP contribution is 2.24. The highest BCUT2D eigenvalue weighted by molar-refractivity contribution is 5.81. The predicted molar refractivity (Wildman–Crippen MR) is 73.3 cm³/mol. The Labute approximate surface area is 111 Å². The van der Waals surface area contributed by atoms with E-state index < -0.39 is 0 Å². The van der Waals surface area contributed by atoms with E-state index in [4.69, 9.17) is 0 Å². The van der Waals surface area contributed by atoms with Crippen LogP contribution in [0.2, 0.25) is 0 Å². The van der Waals surface area contributed by atoms with E-state index in [0.717, 1.165) is 38.6 Å². The molecule has 0 spiro atoms. The Morgan fingerprint density at radius 2 is 2.11 bits per heavy atom. The van der Waals surface area contributed by atoms with Gasteiger partial charge in [-0.2, -0.15) is 0 Å². The highest BCUT2D eigenvalue weighted by Gasteiger charge is 2.26. The van der Waals surface area contributed by atoms with Crippen LogP contribution in [0.15, 0.2) is 0 Å². The van der Waals surface area contributed by atoms with Crippen LogP contribution in [0.4, 0.5) is 0 Å². The molecule has 0 aliphatic heterocycles. The predicted octanol–water partition coefficient (Wildman–Crippen LogP) is 1.43. The standard InChI is InChI=1S/C14H28N2O2/c1-4-6-10(2)16-14(18)11(3)15-9-12-7-5-8-13(12)17/h10-13,15,17H,4-9H2,1-3H3,(H,16,18). The van der Waals surface area contributed by atoms with Gasteiger partial charge in [-0.1, -0.05) is 19.8 Å². The molecule has 0 saturated heterocycles. The van der Waals surface area contributed by atoms with Gasteiger partial charge >= 0.3 is 0 Å². The first-order valence-electron chi connectivity index (χ1n) is 7.26. The van der Waals surface area contributed by atoms with Crippen LogP contribution in [0.5, 0.6) is 0 Å². The van der Waals surface area contributed by atoms with Gasteiger partial charge in [-0.3, -0.25) is 4.79 Å². The Bertz CT molecular complexity index is 258. The molecule has 1 fully saturated rings. The summed E-state index contributed by atoms with van der Waals surface area (Å²) in [5, 5.41) is 15.9. The van der Waals surface area contributed by atoms with Crippen LogP contribution < -0.4 is 10.6 Å². The lowest BCUT2D eigenvalue weighted by Crippen LogP contribution is -2.47. The van der Waals surface area contributed by atoms with E-state index in [-0.39, 0.29) is 24.1 Å². The molecule has 4 heteroatoms. The van der Waals surface area contributed by atoms with E-state index >= 15 is 0 Å². The second-order valence-electron chi connectivity index (χ2n) is 5.59. The fourth-order valence-electron chi connectivity index (χ4n) is 2.55. The number of aliphatic hydroxyl groups is 1. The molecule has 3 N–H and O–H groups in total. The summed E-state index contributed by atoms with van der Waals surface area (Å²) in [6.07, 6.45) is 4.97. The molecule has 1 aliphatic rings. The number of amides is 1. The lowest BCUT2D eigenvalue weighted by molar-refractivity contribution is -0.123. The lowest BCUT2D eigenvalue weighted by atomic mass is 10.1. The number of hydrogen-bond donors (Lipinski definition) is 3. The van der Waals surface area contributed by atoms with Crippen LogP contribution in [0.3, 0.4) is 0 Å². The Morgan fingerprint density at radius 3 is 2.67 bits per heavy atom. The molecule has 18 heavy (non-hydrogen) atoms. The first-order valence-corrected chi connectivity index (χ1v) is 7.26. The number of nitrogens with one attached hydrogen (secondary N) is 2. The minimum atomic E-state index is -0.188. The number of aliphatic hydroxyl groups excluding tert-OH is 1. The molecule has 4 atom stereocenters. The summed E-state index contributed by atoms with van der Waals surface area (Å²) < 4.78 is 0. The molecule has 0 aromatic carbocycles. The third-order valence-corrected chi connectivity index (χ3v) is 3.81. The molecular weight excluding hydrogens is 228 g/mol. The molecule has 0 aromatic rings. The minimum absolute atomic E-state index is 0.0587. The van der Waals surface area contributed by atoms with E-state index in [0.29, 0.717) is 5.92 Å². The van der Waals surface area contributed by atoms with E-state index in [9.17, 15) is 9.90 Å². The van der Waals surface area contributed by atoms with Gasteiger partial charge in [0.2, 0.25) is 5.91 Å². The van der Waals surface area contributed by atoms with Gasteiger partial charge < -0.3 is 15.7 Å². The number of carbonyl (C=O) groups is 1. The maximum atomic E-state index is 11.9. The van der Waals surface area contributed by atoms with Gasteiger partial charge in [-0.05, 0) is 39.0 Å². The zero-order chi connectivity index (χ0) is 13.5. The smallest absolute Gasteiger partial charge is 0.237 e. The summed E-state index contributed by atoms with van der Waals surface area (Å²) >= 11 is 0. The molecule has 0 heterocycles. The third-order valence-electron chi connectivity index (χ3n) is 3.81. The zero-order valence-corrected chi connectivity index (χ0v) is 11.9. The van der Waals surface area contributed by atoms with Gasteiger partial charge in [0.1, 0.15) is 0 Å². The van der Waals surface area contributed by atoms with Crippen LogP contribution in [0.1, 0.15) is 52.9 Å². The van der Waals surface area contributed by atoms with Crippen molar-refractivity contribution < 1.29 is 9.90 Å². The van der Waals surface area contributed by atoms with Gasteiger partial charge in [-0.25, -0.2) is 0 Å². The van der Waals surface area contributed by atoms with Crippen molar-refractivity contribution in [1.29, 1.82) is 0 Å². The van der Waals surface area contributed by atoms with Gasteiger partial charge in [0, 0.05) is 12.6 Å². The van der Waals surface area contributed by atoms with E-state index in [1.807, 2.05) is 13.8 Å². The summed E-state index contributed by atoms with van der Waals surface area (Å²) in [4.78, 5) is 11.9. The molecule has 0 bridgehead atoms. The van der Waals surface area contributed by atoms with E-state index in [1.165, 1.54) is 0 Å². The van der Waals surface area contributed by atoms with Crippen molar-refractivity contribution in [2.75, 3.05) is 6.54 Å². The van der Waals surface area contributed by atoms with E-state index in [1.54, 1.807) is 0 Å². The fraction of sp³-hybridized carbons (Fsp3) is 0.929. The molecule has 0 radical (unpaired) electrons. The van der Waals surface area contributed by atoms with Crippen LogP contribution in [-0.2, 0) is 4.79 Å². The van der Waals surface area contributed by atoms with Crippen molar-refractivity contribution in [1.82, 2.24) is 10.6 Å². The molecule has 1 amide bonds. The highest BCUT2D eigenvalue weighted by atomic mass is 16.3. The largest absolute Gasteiger partial charge is 0.393 e. The van der Waals surface area contributed by atoms with Crippen LogP contribution in [0.25, 0.3) is 0 Å². The zero-order valence-electron chi connectivity index (χ0n) is 11.9. The molecule has 4 nitrogen and oxygen atoms in total. The summed E-state index contributed by atoms with van der Waals surface area (Å²) in [5.74, 6) is 0.372. The Kier molecular flexibility index (Phi) is 6.65. The lowest BCUT2D eigenvalue weighted by Gasteiger charge is -2.21. The molecule has 0 aromatic heterocycles. The van der Waals surface area contributed by atoms with E-state index in [2.05, 4.69) is 17.6 Å². The molecule has 1 aliphatic carbocycles. The summed E-state index contributed by atoms with van der Waals surface area (Å²) in [6, 6.07) is 0.0564. The number of carbonyl (C=O) groups excluding carboxylic acids is 1. The SMILES string of the molecule is CCCC(C)NC(=O)C(C)NCC1CCCC1O. The quantitative estimate of drug-likeness (QED) is 0.646. The van der Waals surface area contributed by atoms with Gasteiger partial charge in [0.05, 0.1) is 12.1 Å².